The predicted molar refractivity (Wildman–Crippen MR) is 116 cm³/mol. The Labute approximate surface area is 186 Å². The third kappa shape index (κ3) is 4.15. The highest BCUT2D eigenvalue weighted by Gasteiger charge is 2.42. The summed E-state index contributed by atoms with van der Waals surface area (Å²) in [4.78, 5) is 34.1. The minimum absolute atomic E-state index is 0.145. The highest BCUT2D eigenvalue weighted by Crippen LogP contribution is 2.34. The van der Waals surface area contributed by atoms with Crippen LogP contribution in [0.25, 0.3) is 22.0 Å². The molecule has 33 heavy (non-hydrogen) atoms. The average molecular weight is 461 g/mol. The standard InChI is InChI=1S/C22H22F3N5O3/c1-30-12-29-17-15(13-3-5-14(6-4-13)22(23,24)25)9-27-18(16(17)19(30)31)28-10-21(11-33-2)7-8-26-20(21)32/h3-6,9,12H,7-8,10-11H2,1-2H3,(H,26,32)(H,27,28). The number of alkyl halides is 3. The fourth-order valence-corrected chi connectivity index (χ4v) is 4.00. The van der Waals surface area contributed by atoms with Gasteiger partial charge in [0.15, 0.2) is 0 Å². The van der Waals surface area contributed by atoms with E-state index in [4.69, 9.17) is 4.74 Å². The molecule has 1 aromatic carbocycles. The number of halogens is 3. The van der Waals surface area contributed by atoms with Gasteiger partial charge in [-0.05, 0) is 24.1 Å². The first-order valence-corrected chi connectivity index (χ1v) is 10.2. The molecule has 4 rings (SSSR count). The van der Waals surface area contributed by atoms with E-state index in [0.29, 0.717) is 29.6 Å². The lowest BCUT2D eigenvalue weighted by Crippen LogP contribution is -2.41. The summed E-state index contributed by atoms with van der Waals surface area (Å²) in [7, 11) is 3.06. The highest BCUT2D eigenvalue weighted by molar-refractivity contribution is 5.98. The van der Waals surface area contributed by atoms with Crippen molar-refractivity contribution in [2.45, 2.75) is 12.6 Å². The number of carbonyl (C=O) groups is 1. The van der Waals surface area contributed by atoms with Crippen molar-refractivity contribution in [1.82, 2.24) is 19.9 Å². The molecule has 0 saturated carbocycles. The van der Waals surface area contributed by atoms with Crippen molar-refractivity contribution in [3.8, 4) is 11.1 Å². The molecule has 1 saturated heterocycles. The second kappa shape index (κ2) is 8.47. The molecule has 3 heterocycles. The van der Waals surface area contributed by atoms with E-state index >= 15 is 0 Å². The maximum Gasteiger partial charge on any atom is 0.416 e. The minimum Gasteiger partial charge on any atom is -0.383 e. The molecule has 0 radical (unpaired) electrons. The van der Waals surface area contributed by atoms with Gasteiger partial charge < -0.3 is 19.9 Å². The van der Waals surface area contributed by atoms with Gasteiger partial charge in [-0.2, -0.15) is 13.2 Å². The van der Waals surface area contributed by atoms with Crippen LogP contribution < -0.4 is 16.2 Å². The maximum atomic E-state index is 13.0. The Hall–Kier alpha value is -3.47. The summed E-state index contributed by atoms with van der Waals surface area (Å²) in [5.74, 6) is 0.0955. The van der Waals surface area contributed by atoms with E-state index in [1.54, 1.807) is 7.05 Å². The Morgan fingerprint density at radius 3 is 2.55 bits per heavy atom. The molecular formula is C22H22F3N5O3. The van der Waals surface area contributed by atoms with E-state index in [-0.39, 0.29) is 35.8 Å². The molecule has 0 spiro atoms. The first-order valence-electron chi connectivity index (χ1n) is 10.2. The number of aryl methyl sites for hydroxylation is 1. The number of ether oxygens (including phenoxy) is 1. The first kappa shape index (κ1) is 22.7. The number of pyridine rings is 1. The molecule has 1 aliphatic heterocycles. The van der Waals surface area contributed by atoms with Gasteiger partial charge in [-0.25, -0.2) is 9.97 Å². The number of hydrogen-bond donors (Lipinski definition) is 2. The smallest absolute Gasteiger partial charge is 0.383 e. The van der Waals surface area contributed by atoms with Crippen LogP contribution in [-0.2, 0) is 22.8 Å². The van der Waals surface area contributed by atoms with Gasteiger partial charge in [0.1, 0.15) is 11.2 Å². The molecule has 174 valence electrons. The van der Waals surface area contributed by atoms with Crippen molar-refractivity contribution in [2.24, 2.45) is 12.5 Å². The topological polar surface area (TPSA) is 98.1 Å². The number of nitrogens with zero attached hydrogens (tertiary/aromatic N) is 3. The van der Waals surface area contributed by atoms with Gasteiger partial charge in [-0.1, -0.05) is 12.1 Å². The number of aromatic nitrogens is 3. The molecule has 1 fully saturated rings. The number of anilines is 1. The molecule has 1 amide bonds. The van der Waals surface area contributed by atoms with Crippen LogP contribution in [0.1, 0.15) is 12.0 Å². The Kier molecular flexibility index (Phi) is 5.83. The molecule has 0 aliphatic carbocycles. The summed E-state index contributed by atoms with van der Waals surface area (Å²) in [6, 6.07) is 4.59. The molecule has 2 N–H and O–H groups in total. The number of rotatable bonds is 6. The zero-order chi connectivity index (χ0) is 23.8. The third-order valence-electron chi connectivity index (χ3n) is 5.85. The first-order chi connectivity index (χ1) is 15.7. The van der Waals surface area contributed by atoms with Gasteiger partial charge in [0.2, 0.25) is 5.91 Å². The number of fused-ring (bicyclic) bond motifs is 1. The Morgan fingerprint density at radius 1 is 1.21 bits per heavy atom. The summed E-state index contributed by atoms with van der Waals surface area (Å²) < 4.78 is 45.4. The van der Waals surface area contributed by atoms with Crippen LogP contribution in [0.4, 0.5) is 19.0 Å². The summed E-state index contributed by atoms with van der Waals surface area (Å²) >= 11 is 0. The van der Waals surface area contributed by atoms with Crippen molar-refractivity contribution in [3.05, 3.63) is 52.7 Å². The lowest BCUT2D eigenvalue weighted by atomic mass is 9.87. The number of benzene rings is 1. The van der Waals surface area contributed by atoms with Crippen LogP contribution in [0.15, 0.2) is 41.6 Å². The third-order valence-corrected chi connectivity index (χ3v) is 5.85. The lowest BCUT2D eigenvalue weighted by molar-refractivity contribution is -0.137. The van der Waals surface area contributed by atoms with Crippen LogP contribution >= 0.6 is 0 Å². The van der Waals surface area contributed by atoms with E-state index in [1.165, 1.54) is 36.3 Å². The monoisotopic (exact) mass is 461 g/mol. The zero-order valence-electron chi connectivity index (χ0n) is 18.0. The number of amides is 1. The Balaban J connectivity index is 1.76. The van der Waals surface area contributed by atoms with Crippen molar-refractivity contribution < 1.29 is 22.7 Å². The molecule has 1 unspecified atom stereocenters. The SMILES string of the molecule is COCC1(CNc2ncc(-c3ccc(C(F)(F)F)cc3)c3ncn(C)c(=O)c23)CCNC1=O. The van der Waals surface area contributed by atoms with Gasteiger partial charge in [-0.3, -0.25) is 9.59 Å². The number of methoxy groups -OCH3 is 1. The van der Waals surface area contributed by atoms with E-state index in [2.05, 4.69) is 20.6 Å². The van der Waals surface area contributed by atoms with Gasteiger partial charge in [-0.15, -0.1) is 0 Å². The van der Waals surface area contributed by atoms with Crippen LogP contribution in [0.2, 0.25) is 0 Å². The fourth-order valence-electron chi connectivity index (χ4n) is 4.00. The fraction of sp³-hybridized carbons (Fsp3) is 0.364. The molecule has 2 aromatic heterocycles. The number of hydrogen-bond acceptors (Lipinski definition) is 6. The average Bonchev–Trinajstić information content (AvgIpc) is 3.14. The summed E-state index contributed by atoms with van der Waals surface area (Å²) in [5, 5.41) is 6.09. The van der Waals surface area contributed by atoms with Crippen LogP contribution in [0.3, 0.4) is 0 Å². The molecule has 11 heteroatoms. The van der Waals surface area contributed by atoms with Crippen LogP contribution in [0.5, 0.6) is 0 Å². The largest absolute Gasteiger partial charge is 0.416 e. The predicted octanol–water partition coefficient (Wildman–Crippen LogP) is 2.58. The molecular weight excluding hydrogens is 439 g/mol. The Bertz CT molecular complexity index is 1260. The van der Waals surface area contributed by atoms with Gasteiger partial charge in [0.05, 0.1) is 29.4 Å². The normalized spacial score (nSPS) is 18.5. The number of carbonyl (C=O) groups excluding carboxylic acids is 1. The Morgan fingerprint density at radius 2 is 1.94 bits per heavy atom. The van der Waals surface area contributed by atoms with Crippen LogP contribution in [0, 0.1) is 5.41 Å². The van der Waals surface area contributed by atoms with E-state index in [0.717, 1.165) is 12.1 Å². The van der Waals surface area contributed by atoms with E-state index in [9.17, 15) is 22.8 Å². The summed E-state index contributed by atoms with van der Waals surface area (Å²) in [6.07, 6.45) is -1.09. The molecule has 0 bridgehead atoms. The molecule has 1 aliphatic rings. The van der Waals surface area contributed by atoms with E-state index in [1.807, 2.05) is 0 Å². The second-order valence-corrected chi connectivity index (χ2v) is 8.05. The summed E-state index contributed by atoms with van der Waals surface area (Å²) in [5.41, 5.74) is -0.787. The zero-order valence-corrected chi connectivity index (χ0v) is 18.0. The van der Waals surface area contributed by atoms with Crippen molar-refractivity contribution in [1.29, 1.82) is 0 Å². The minimum atomic E-state index is -4.45. The van der Waals surface area contributed by atoms with Crippen molar-refractivity contribution in [3.63, 3.8) is 0 Å². The van der Waals surface area contributed by atoms with Gasteiger partial charge >= 0.3 is 6.18 Å². The molecule has 8 nitrogen and oxygen atoms in total. The summed E-state index contributed by atoms with van der Waals surface area (Å²) in [6.45, 7) is 0.907. The van der Waals surface area contributed by atoms with Crippen LogP contribution in [-0.4, -0.2) is 47.2 Å². The number of nitrogens with one attached hydrogen (secondary N) is 2. The quantitative estimate of drug-likeness (QED) is 0.586. The van der Waals surface area contributed by atoms with E-state index < -0.39 is 17.2 Å². The lowest BCUT2D eigenvalue weighted by Gasteiger charge is -2.26. The van der Waals surface area contributed by atoms with Gasteiger partial charge in [0.25, 0.3) is 5.56 Å². The molecule has 1 atom stereocenters. The maximum absolute atomic E-state index is 13.0. The highest BCUT2D eigenvalue weighted by atomic mass is 19.4. The van der Waals surface area contributed by atoms with Gasteiger partial charge in [0, 0.05) is 39.0 Å². The van der Waals surface area contributed by atoms with Crippen molar-refractivity contribution >= 4 is 22.6 Å². The molecule has 3 aromatic rings. The second-order valence-electron chi connectivity index (χ2n) is 8.05. The van der Waals surface area contributed by atoms with Crippen molar-refractivity contribution in [2.75, 3.05) is 32.1 Å².